The number of methoxy groups -OCH3 is 1. The zero-order valence-corrected chi connectivity index (χ0v) is 20.4. The van der Waals surface area contributed by atoms with E-state index in [1.54, 1.807) is 24.1 Å². The van der Waals surface area contributed by atoms with Crippen molar-refractivity contribution >= 4 is 62.5 Å². The van der Waals surface area contributed by atoms with E-state index in [0.717, 1.165) is 21.3 Å². The minimum Gasteiger partial charge on any atom is -0.493 e. The van der Waals surface area contributed by atoms with Gasteiger partial charge in [-0.25, -0.2) is 0 Å². The first-order valence-electron chi connectivity index (χ1n) is 9.40. The fourth-order valence-electron chi connectivity index (χ4n) is 3.31. The summed E-state index contributed by atoms with van der Waals surface area (Å²) in [6, 6.07) is 18.8. The summed E-state index contributed by atoms with van der Waals surface area (Å²) < 4.78 is 12.5. The summed E-state index contributed by atoms with van der Waals surface area (Å²) in [5, 5.41) is 0.833. The summed E-state index contributed by atoms with van der Waals surface area (Å²) in [6.45, 7) is 0.357. The largest absolute Gasteiger partial charge is 0.493 e. The van der Waals surface area contributed by atoms with Gasteiger partial charge in [0.2, 0.25) is 5.91 Å². The molecule has 0 saturated carbocycles. The molecule has 0 unspecified atom stereocenters. The number of benzene rings is 3. The van der Waals surface area contributed by atoms with Crippen LogP contribution < -0.4 is 14.4 Å². The number of anilines is 1. The van der Waals surface area contributed by atoms with Crippen molar-refractivity contribution in [1.82, 2.24) is 0 Å². The maximum absolute atomic E-state index is 12.6. The fourth-order valence-corrected chi connectivity index (χ4v) is 5.13. The summed E-state index contributed by atoms with van der Waals surface area (Å²) >= 11 is 17.6. The van der Waals surface area contributed by atoms with Gasteiger partial charge < -0.3 is 9.47 Å². The average Bonchev–Trinajstić information content (AvgIpc) is 3.15. The van der Waals surface area contributed by atoms with Gasteiger partial charge in [0.15, 0.2) is 11.5 Å². The highest BCUT2D eigenvalue weighted by molar-refractivity contribution is 9.10. The second kappa shape index (κ2) is 9.74. The van der Waals surface area contributed by atoms with Crippen molar-refractivity contribution < 1.29 is 14.3 Å². The molecule has 1 aliphatic heterocycles. The number of nitrogens with zero attached hydrogens (tertiary/aromatic N) is 1. The smallest absolute Gasteiger partial charge is 0.238 e. The summed E-state index contributed by atoms with van der Waals surface area (Å²) in [5.41, 5.74) is 2.66. The zero-order chi connectivity index (χ0) is 22.0. The van der Waals surface area contributed by atoms with E-state index in [2.05, 4.69) is 15.9 Å². The number of carbonyl (C=O) groups excluding carboxylic acids is 1. The number of thioether (sulfide) groups is 1. The van der Waals surface area contributed by atoms with Gasteiger partial charge in [0.05, 0.1) is 17.9 Å². The second-order valence-electron chi connectivity index (χ2n) is 6.85. The Morgan fingerprint density at radius 1 is 1.10 bits per heavy atom. The van der Waals surface area contributed by atoms with Crippen LogP contribution in [0.15, 0.2) is 65.1 Å². The van der Waals surface area contributed by atoms with Crippen LogP contribution >= 0.6 is 50.9 Å². The second-order valence-corrected chi connectivity index (χ2v) is 9.68. The lowest BCUT2D eigenvalue weighted by molar-refractivity contribution is -0.115. The molecular weight excluding hydrogens is 521 g/mol. The first kappa shape index (κ1) is 22.3. The molecule has 8 heteroatoms. The van der Waals surface area contributed by atoms with Gasteiger partial charge in [-0.05, 0) is 59.7 Å². The highest BCUT2D eigenvalue weighted by Gasteiger charge is 2.35. The number of ether oxygens (including phenoxy) is 2. The monoisotopic (exact) mass is 537 g/mol. The normalized spacial score (nSPS) is 15.9. The molecule has 4 nitrogen and oxygen atoms in total. The quantitative estimate of drug-likeness (QED) is 0.335. The summed E-state index contributed by atoms with van der Waals surface area (Å²) in [5.74, 6) is 1.41. The number of halogens is 3. The molecule has 1 amide bonds. The van der Waals surface area contributed by atoms with Crippen LogP contribution in [-0.2, 0) is 11.4 Å². The van der Waals surface area contributed by atoms with E-state index in [-0.39, 0.29) is 11.3 Å². The first-order valence-corrected chi connectivity index (χ1v) is 12.0. The Kier molecular flexibility index (Phi) is 7.02. The van der Waals surface area contributed by atoms with Gasteiger partial charge in [-0.15, -0.1) is 11.8 Å². The lowest BCUT2D eigenvalue weighted by atomic mass is 10.1. The van der Waals surface area contributed by atoms with Gasteiger partial charge in [-0.2, -0.15) is 0 Å². The lowest BCUT2D eigenvalue weighted by Gasteiger charge is -2.25. The van der Waals surface area contributed by atoms with Gasteiger partial charge in [-0.3, -0.25) is 9.69 Å². The summed E-state index contributed by atoms with van der Waals surface area (Å²) in [6.07, 6.45) is 0. The average molecular weight is 539 g/mol. The third-order valence-corrected chi connectivity index (χ3v) is 7.08. The number of amides is 1. The highest BCUT2D eigenvalue weighted by atomic mass is 79.9. The number of rotatable bonds is 6. The molecule has 1 heterocycles. The Hall–Kier alpha value is -1.86. The Morgan fingerprint density at radius 2 is 1.81 bits per heavy atom. The third kappa shape index (κ3) is 4.98. The highest BCUT2D eigenvalue weighted by Crippen LogP contribution is 2.46. The van der Waals surface area contributed by atoms with Crippen LogP contribution in [0, 0.1) is 0 Å². The fraction of sp³-hybridized carbons (Fsp3) is 0.174. The molecule has 1 atom stereocenters. The topological polar surface area (TPSA) is 38.8 Å². The standard InChI is InChI=1S/C23H18BrCl2NO3S/c1-29-20-11-15(10-19(26)22(20)30-12-14-2-4-16(24)5-3-14)23-27(21(28)13-31-23)18-8-6-17(25)7-9-18/h2-11,23H,12-13H2,1H3/t23-/m1/s1. The van der Waals surface area contributed by atoms with E-state index < -0.39 is 0 Å². The molecule has 0 spiro atoms. The van der Waals surface area contributed by atoms with E-state index in [0.29, 0.717) is 33.9 Å². The van der Waals surface area contributed by atoms with Gasteiger partial charge in [-0.1, -0.05) is 51.3 Å². The predicted octanol–water partition coefficient (Wildman–Crippen LogP) is 7.12. The Labute approximate surface area is 203 Å². The summed E-state index contributed by atoms with van der Waals surface area (Å²) in [7, 11) is 1.58. The van der Waals surface area contributed by atoms with Crippen molar-refractivity contribution in [2.45, 2.75) is 12.0 Å². The molecule has 1 aliphatic rings. The van der Waals surface area contributed by atoms with Crippen molar-refractivity contribution in [1.29, 1.82) is 0 Å². The molecule has 1 saturated heterocycles. The van der Waals surface area contributed by atoms with Crippen LogP contribution in [-0.4, -0.2) is 18.8 Å². The molecule has 0 N–H and O–H groups in total. The van der Waals surface area contributed by atoms with Gasteiger partial charge in [0, 0.05) is 15.2 Å². The predicted molar refractivity (Wildman–Crippen MR) is 131 cm³/mol. The van der Waals surface area contributed by atoms with Crippen LogP contribution in [0.1, 0.15) is 16.5 Å². The Bertz CT molecular complexity index is 1090. The Balaban J connectivity index is 1.61. The lowest BCUT2D eigenvalue weighted by Crippen LogP contribution is -2.27. The molecule has 1 fully saturated rings. The van der Waals surface area contributed by atoms with E-state index in [1.165, 1.54) is 11.8 Å². The maximum Gasteiger partial charge on any atom is 0.238 e. The van der Waals surface area contributed by atoms with Crippen LogP contribution in [0.25, 0.3) is 0 Å². The molecular formula is C23H18BrCl2NO3S. The number of hydrogen-bond acceptors (Lipinski definition) is 4. The maximum atomic E-state index is 12.6. The molecule has 0 aromatic heterocycles. The molecule has 3 aromatic rings. The SMILES string of the molecule is COc1cc([C@H]2SCC(=O)N2c2ccc(Cl)cc2)cc(Cl)c1OCc1ccc(Br)cc1. The summed E-state index contributed by atoms with van der Waals surface area (Å²) in [4.78, 5) is 14.4. The van der Waals surface area contributed by atoms with Crippen molar-refractivity contribution in [2.75, 3.05) is 17.8 Å². The van der Waals surface area contributed by atoms with Gasteiger partial charge >= 0.3 is 0 Å². The molecule has 0 radical (unpaired) electrons. The van der Waals surface area contributed by atoms with Crippen molar-refractivity contribution in [3.05, 3.63) is 86.3 Å². The van der Waals surface area contributed by atoms with E-state index >= 15 is 0 Å². The van der Waals surface area contributed by atoms with Crippen molar-refractivity contribution in [3.63, 3.8) is 0 Å². The molecule has 4 rings (SSSR count). The Morgan fingerprint density at radius 3 is 2.48 bits per heavy atom. The minimum atomic E-state index is -0.222. The van der Waals surface area contributed by atoms with E-state index in [1.807, 2.05) is 48.5 Å². The molecule has 0 aliphatic carbocycles. The third-order valence-electron chi connectivity index (χ3n) is 4.81. The molecule has 31 heavy (non-hydrogen) atoms. The van der Waals surface area contributed by atoms with Crippen molar-refractivity contribution in [3.8, 4) is 11.5 Å². The van der Waals surface area contributed by atoms with Crippen LogP contribution in [0.5, 0.6) is 11.5 Å². The number of carbonyl (C=O) groups is 1. The van der Waals surface area contributed by atoms with Crippen LogP contribution in [0.2, 0.25) is 10.0 Å². The minimum absolute atomic E-state index is 0.0305. The first-order chi connectivity index (χ1) is 15.0. The van der Waals surface area contributed by atoms with Crippen LogP contribution in [0.3, 0.4) is 0 Å². The van der Waals surface area contributed by atoms with E-state index in [4.69, 9.17) is 32.7 Å². The van der Waals surface area contributed by atoms with Gasteiger partial charge in [0.25, 0.3) is 0 Å². The number of hydrogen-bond donors (Lipinski definition) is 0. The molecule has 160 valence electrons. The van der Waals surface area contributed by atoms with Crippen molar-refractivity contribution in [2.24, 2.45) is 0 Å². The van der Waals surface area contributed by atoms with E-state index in [9.17, 15) is 4.79 Å². The van der Waals surface area contributed by atoms with Gasteiger partial charge in [0.1, 0.15) is 12.0 Å². The van der Waals surface area contributed by atoms with Crippen LogP contribution in [0.4, 0.5) is 5.69 Å². The molecule has 0 bridgehead atoms. The zero-order valence-electron chi connectivity index (χ0n) is 16.5. The molecule has 3 aromatic carbocycles.